The maximum absolute atomic E-state index is 12.4. The fraction of sp³-hybridized carbons (Fsp3) is 0.714. The molecule has 20 heavy (non-hydrogen) atoms. The molecule has 1 fully saturated rings. The first kappa shape index (κ1) is 14.7. The largest absolute Gasteiger partial charge is 0.444 e. The number of anilines is 1. The molecule has 0 aromatic carbocycles. The lowest BCUT2D eigenvalue weighted by atomic mass is 9.93. The van der Waals surface area contributed by atoms with Gasteiger partial charge in [-0.05, 0) is 47.0 Å². The summed E-state index contributed by atoms with van der Waals surface area (Å²) < 4.78 is 8.74. The Labute approximate surface area is 118 Å². The lowest BCUT2D eigenvalue weighted by Gasteiger charge is -2.27. The van der Waals surface area contributed by atoms with Crippen LogP contribution >= 0.6 is 0 Å². The molecule has 2 rings (SSSR count). The zero-order chi connectivity index (χ0) is 15.1. The van der Waals surface area contributed by atoms with Crippen LogP contribution in [-0.4, -0.2) is 21.1 Å². The molecule has 1 saturated carbocycles. The van der Waals surface area contributed by atoms with E-state index in [-0.39, 0.29) is 11.6 Å². The molecule has 6 nitrogen and oxygen atoms in total. The van der Waals surface area contributed by atoms with Crippen molar-refractivity contribution in [1.29, 1.82) is 0 Å². The summed E-state index contributed by atoms with van der Waals surface area (Å²) in [6.07, 6.45) is 2.59. The summed E-state index contributed by atoms with van der Waals surface area (Å²) in [4.78, 5) is 24.2. The van der Waals surface area contributed by atoms with E-state index in [9.17, 15) is 9.59 Å². The minimum absolute atomic E-state index is 0.152. The van der Waals surface area contributed by atoms with Crippen LogP contribution in [0.5, 0.6) is 0 Å². The molecule has 0 spiro atoms. The standard InChI is InChI=1S/C14H23N3O3/c1-9-11(15-13(19)20-14(2,3)4)12(18)17(16(9)5)10-7-6-8-10/h10H,6-8H2,1-5H3,(H,15,19). The monoisotopic (exact) mass is 281 g/mol. The van der Waals surface area contributed by atoms with Crippen LogP contribution in [0.2, 0.25) is 0 Å². The number of nitrogens with one attached hydrogen (secondary N) is 1. The van der Waals surface area contributed by atoms with Gasteiger partial charge in [-0.25, -0.2) is 9.48 Å². The minimum atomic E-state index is -0.593. The lowest BCUT2D eigenvalue weighted by Crippen LogP contribution is -2.32. The molecule has 1 amide bonds. The minimum Gasteiger partial charge on any atom is -0.444 e. The Morgan fingerprint density at radius 1 is 1.35 bits per heavy atom. The quantitative estimate of drug-likeness (QED) is 0.906. The second-order valence-electron chi connectivity index (χ2n) is 6.35. The molecule has 0 unspecified atom stereocenters. The van der Waals surface area contributed by atoms with Crippen molar-refractivity contribution in [2.24, 2.45) is 7.05 Å². The Hall–Kier alpha value is -1.72. The van der Waals surface area contributed by atoms with Gasteiger partial charge in [0.25, 0.3) is 5.56 Å². The van der Waals surface area contributed by atoms with Crippen LogP contribution in [0, 0.1) is 6.92 Å². The van der Waals surface area contributed by atoms with E-state index in [0.29, 0.717) is 5.69 Å². The zero-order valence-electron chi connectivity index (χ0n) is 12.8. The van der Waals surface area contributed by atoms with Gasteiger partial charge in [-0.1, -0.05) is 0 Å². The van der Waals surface area contributed by atoms with Gasteiger partial charge in [0.05, 0.1) is 11.7 Å². The van der Waals surface area contributed by atoms with E-state index in [1.54, 1.807) is 25.5 Å². The Morgan fingerprint density at radius 2 is 1.95 bits per heavy atom. The average Bonchev–Trinajstić information content (AvgIpc) is 2.41. The molecule has 0 bridgehead atoms. The molecule has 0 saturated heterocycles. The fourth-order valence-electron chi connectivity index (χ4n) is 2.32. The third kappa shape index (κ3) is 2.73. The van der Waals surface area contributed by atoms with Gasteiger partial charge < -0.3 is 4.74 Å². The number of hydrogen-bond acceptors (Lipinski definition) is 3. The predicted molar refractivity (Wildman–Crippen MR) is 77.2 cm³/mol. The molecular formula is C14H23N3O3. The Morgan fingerprint density at radius 3 is 2.40 bits per heavy atom. The van der Waals surface area contributed by atoms with E-state index in [0.717, 1.165) is 25.0 Å². The molecule has 112 valence electrons. The third-order valence-electron chi connectivity index (χ3n) is 3.64. The fourth-order valence-corrected chi connectivity index (χ4v) is 2.32. The molecule has 1 N–H and O–H groups in total. The molecule has 0 aliphatic heterocycles. The molecular weight excluding hydrogens is 258 g/mol. The summed E-state index contributed by atoms with van der Waals surface area (Å²) in [6, 6.07) is 0.250. The van der Waals surface area contributed by atoms with Crippen LogP contribution in [-0.2, 0) is 11.8 Å². The van der Waals surface area contributed by atoms with Gasteiger partial charge in [0, 0.05) is 7.05 Å². The Balaban J connectivity index is 2.24. The van der Waals surface area contributed by atoms with Gasteiger partial charge >= 0.3 is 6.09 Å². The molecule has 0 radical (unpaired) electrons. The van der Waals surface area contributed by atoms with Crippen molar-refractivity contribution in [3.63, 3.8) is 0 Å². The molecule has 6 heteroatoms. The van der Waals surface area contributed by atoms with Crippen LogP contribution in [0.4, 0.5) is 10.5 Å². The summed E-state index contributed by atoms with van der Waals surface area (Å²) in [7, 11) is 1.84. The summed E-state index contributed by atoms with van der Waals surface area (Å²) in [5, 5.41) is 2.58. The highest BCUT2D eigenvalue weighted by Crippen LogP contribution is 2.31. The lowest BCUT2D eigenvalue weighted by molar-refractivity contribution is 0.0635. The highest BCUT2D eigenvalue weighted by molar-refractivity contribution is 5.85. The number of hydrogen-bond donors (Lipinski definition) is 1. The van der Waals surface area contributed by atoms with Gasteiger partial charge in [-0.2, -0.15) is 0 Å². The summed E-state index contributed by atoms with van der Waals surface area (Å²) in [5.74, 6) is 0. The highest BCUT2D eigenvalue weighted by Gasteiger charge is 2.27. The average molecular weight is 281 g/mol. The predicted octanol–water partition coefficient (Wildman–Crippen LogP) is 2.57. The van der Waals surface area contributed by atoms with E-state index in [2.05, 4.69) is 5.32 Å². The van der Waals surface area contributed by atoms with Gasteiger partial charge in [-0.3, -0.25) is 14.8 Å². The maximum Gasteiger partial charge on any atom is 0.412 e. The van der Waals surface area contributed by atoms with Gasteiger partial charge in [0.2, 0.25) is 0 Å². The zero-order valence-corrected chi connectivity index (χ0v) is 12.8. The normalized spacial score (nSPS) is 15.8. The SMILES string of the molecule is Cc1c(NC(=O)OC(C)(C)C)c(=O)n(C2CCC2)n1C. The smallest absolute Gasteiger partial charge is 0.412 e. The van der Waals surface area contributed by atoms with Crippen molar-refractivity contribution in [2.75, 3.05) is 5.32 Å². The molecule has 1 heterocycles. The Kier molecular flexibility index (Phi) is 3.67. The molecule has 0 atom stereocenters. The van der Waals surface area contributed by atoms with E-state index < -0.39 is 11.7 Å². The van der Waals surface area contributed by atoms with Crippen molar-refractivity contribution in [3.05, 3.63) is 16.0 Å². The van der Waals surface area contributed by atoms with E-state index >= 15 is 0 Å². The van der Waals surface area contributed by atoms with Crippen LogP contribution in [0.15, 0.2) is 4.79 Å². The van der Waals surface area contributed by atoms with Crippen LogP contribution < -0.4 is 10.9 Å². The van der Waals surface area contributed by atoms with Crippen molar-refractivity contribution in [3.8, 4) is 0 Å². The molecule has 1 aromatic rings. The molecule has 1 aliphatic rings. The Bertz CT molecular complexity index is 574. The number of rotatable bonds is 2. The second-order valence-corrected chi connectivity index (χ2v) is 6.35. The van der Waals surface area contributed by atoms with Crippen LogP contribution in [0.1, 0.15) is 51.8 Å². The third-order valence-corrected chi connectivity index (χ3v) is 3.64. The molecule has 1 aliphatic carbocycles. The van der Waals surface area contributed by atoms with Gasteiger partial charge in [0.15, 0.2) is 0 Å². The van der Waals surface area contributed by atoms with Gasteiger partial charge in [-0.15, -0.1) is 0 Å². The van der Waals surface area contributed by atoms with Crippen LogP contribution in [0.3, 0.4) is 0 Å². The number of aromatic nitrogens is 2. The van der Waals surface area contributed by atoms with Crippen LogP contribution in [0.25, 0.3) is 0 Å². The first-order valence-electron chi connectivity index (χ1n) is 6.99. The van der Waals surface area contributed by atoms with Gasteiger partial charge in [0.1, 0.15) is 11.3 Å². The number of amides is 1. The number of ether oxygens (including phenoxy) is 1. The maximum atomic E-state index is 12.4. The summed E-state index contributed by atoms with van der Waals surface area (Å²) >= 11 is 0. The van der Waals surface area contributed by atoms with E-state index in [4.69, 9.17) is 4.74 Å². The number of nitrogens with zero attached hydrogens (tertiary/aromatic N) is 2. The summed E-state index contributed by atoms with van der Waals surface area (Å²) in [6.45, 7) is 7.19. The van der Waals surface area contributed by atoms with Crippen molar-refractivity contribution < 1.29 is 9.53 Å². The number of carbonyl (C=O) groups is 1. The highest BCUT2D eigenvalue weighted by atomic mass is 16.6. The second kappa shape index (κ2) is 5.00. The van der Waals surface area contributed by atoms with Crippen molar-refractivity contribution in [2.45, 2.75) is 58.6 Å². The summed E-state index contributed by atoms with van der Waals surface area (Å²) in [5.41, 5.74) is 0.321. The van der Waals surface area contributed by atoms with E-state index in [1.807, 2.05) is 18.7 Å². The van der Waals surface area contributed by atoms with Crippen molar-refractivity contribution in [1.82, 2.24) is 9.36 Å². The van der Waals surface area contributed by atoms with E-state index in [1.165, 1.54) is 0 Å². The first-order chi connectivity index (χ1) is 9.20. The molecule has 1 aromatic heterocycles. The first-order valence-corrected chi connectivity index (χ1v) is 6.99. The topological polar surface area (TPSA) is 65.3 Å². The number of carbonyl (C=O) groups excluding carboxylic acids is 1. The van der Waals surface area contributed by atoms with Crippen molar-refractivity contribution >= 4 is 11.8 Å².